The number of hydrogen-bond acceptors (Lipinski definition) is 5. The average molecular weight is 348 g/mol. The largest absolute Gasteiger partial charge is 0.502 e. The number of aliphatic hydroxyl groups is 1. The van der Waals surface area contributed by atoms with E-state index >= 15 is 0 Å². The summed E-state index contributed by atoms with van der Waals surface area (Å²) < 4.78 is 5.49. The Morgan fingerprint density at radius 3 is 2.27 bits per heavy atom. The third-order valence-electron chi connectivity index (χ3n) is 3.93. The van der Waals surface area contributed by atoms with E-state index in [1.54, 1.807) is 24.3 Å². The van der Waals surface area contributed by atoms with Gasteiger partial charge in [-0.15, -0.1) is 0 Å². The first-order chi connectivity index (χ1) is 12.6. The molecular weight excluding hydrogens is 332 g/mol. The van der Waals surface area contributed by atoms with Gasteiger partial charge in [-0.25, -0.2) is 4.90 Å². The molecule has 0 unspecified atom stereocenters. The van der Waals surface area contributed by atoms with Gasteiger partial charge in [0.2, 0.25) is 0 Å². The van der Waals surface area contributed by atoms with E-state index in [0.717, 1.165) is 11.3 Å². The number of benzene rings is 2. The van der Waals surface area contributed by atoms with Gasteiger partial charge >= 0.3 is 5.91 Å². The van der Waals surface area contributed by atoms with E-state index in [0.29, 0.717) is 29.2 Å². The molecule has 130 valence electrons. The minimum absolute atomic E-state index is 0.0543. The van der Waals surface area contributed by atoms with Crippen LogP contribution in [0, 0.1) is 11.3 Å². The van der Waals surface area contributed by atoms with Crippen LogP contribution >= 0.6 is 0 Å². The lowest BCUT2D eigenvalue weighted by atomic mass is 10.1. The van der Waals surface area contributed by atoms with Gasteiger partial charge in [0.15, 0.2) is 5.76 Å². The Bertz CT molecular complexity index is 922. The molecule has 0 radical (unpaired) electrons. The third kappa shape index (κ3) is 3.03. The van der Waals surface area contributed by atoms with Crippen molar-refractivity contribution >= 4 is 23.1 Å². The van der Waals surface area contributed by atoms with Gasteiger partial charge in [-0.2, -0.15) is 5.26 Å². The number of anilines is 1. The van der Waals surface area contributed by atoms with Crippen LogP contribution in [-0.4, -0.2) is 23.5 Å². The first kappa shape index (κ1) is 17.2. The summed E-state index contributed by atoms with van der Waals surface area (Å²) >= 11 is 0. The van der Waals surface area contributed by atoms with Gasteiger partial charge in [0.25, 0.3) is 5.91 Å². The van der Waals surface area contributed by atoms with Crippen LogP contribution in [-0.2, 0) is 9.59 Å². The highest BCUT2D eigenvalue weighted by atomic mass is 16.5. The van der Waals surface area contributed by atoms with Crippen molar-refractivity contribution < 1.29 is 19.4 Å². The second-order valence-electron chi connectivity index (χ2n) is 5.70. The molecule has 0 fully saturated rings. The first-order valence-corrected chi connectivity index (χ1v) is 8.12. The number of hydrogen-bond donors (Lipinski definition) is 1. The van der Waals surface area contributed by atoms with Gasteiger partial charge in [-0.1, -0.05) is 19.1 Å². The highest BCUT2D eigenvalue weighted by molar-refractivity contribution is 6.44. The van der Waals surface area contributed by atoms with E-state index in [9.17, 15) is 14.7 Å². The van der Waals surface area contributed by atoms with Crippen molar-refractivity contribution in [2.24, 2.45) is 0 Å². The Labute approximate surface area is 150 Å². The van der Waals surface area contributed by atoms with Crippen LogP contribution in [0.5, 0.6) is 5.75 Å². The van der Waals surface area contributed by atoms with E-state index in [1.807, 2.05) is 13.0 Å². The summed E-state index contributed by atoms with van der Waals surface area (Å²) in [6, 6.07) is 14.6. The minimum atomic E-state index is -0.791. The number of rotatable bonds is 5. The van der Waals surface area contributed by atoms with Crippen LogP contribution in [0.15, 0.2) is 54.3 Å². The van der Waals surface area contributed by atoms with Crippen LogP contribution in [0.2, 0.25) is 0 Å². The number of imide groups is 1. The zero-order chi connectivity index (χ0) is 18.7. The average Bonchev–Trinajstić information content (AvgIpc) is 2.89. The maximum Gasteiger partial charge on any atom is 0.301 e. The van der Waals surface area contributed by atoms with E-state index in [2.05, 4.69) is 0 Å². The lowest BCUT2D eigenvalue weighted by Gasteiger charge is -2.14. The van der Waals surface area contributed by atoms with Crippen molar-refractivity contribution in [3.8, 4) is 11.8 Å². The number of ether oxygens (including phenoxy) is 1. The van der Waals surface area contributed by atoms with Crippen LogP contribution < -0.4 is 9.64 Å². The number of aliphatic hydroxyl groups excluding tert-OH is 1. The molecule has 0 saturated heterocycles. The van der Waals surface area contributed by atoms with Crippen LogP contribution in [0.3, 0.4) is 0 Å². The molecule has 0 aliphatic carbocycles. The Kier molecular flexibility index (Phi) is 4.72. The molecule has 2 amide bonds. The molecule has 6 heteroatoms. The fourth-order valence-corrected chi connectivity index (χ4v) is 2.64. The van der Waals surface area contributed by atoms with Gasteiger partial charge in [0.1, 0.15) is 5.75 Å². The van der Waals surface area contributed by atoms with Crippen LogP contribution in [0.25, 0.3) is 5.57 Å². The zero-order valence-electron chi connectivity index (χ0n) is 14.1. The highest BCUT2D eigenvalue weighted by Gasteiger charge is 2.40. The summed E-state index contributed by atoms with van der Waals surface area (Å²) in [7, 11) is 0. The van der Waals surface area contributed by atoms with Crippen LogP contribution in [0.4, 0.5) is 5.69 Å². The first-order valence-electron chi connectivity index (χ1n) is 8.12. The monoisotopic (exact) mass is 348 g/mol. The molecule has 0 aromatic heterocycles. The summed E-state index contributed by atoms with van der Waals surface area (Å²) in [6.07, 6.45) is 0.875. The molecule has 0 spiro atoms. The van der Waals surface area contributed by atoms with Crippen molar-refractivity contribution in [3.63, 3.8) is 0 Å². The van der Waals surface area contributed by atoms with Gasteiger partial charge in [0.05, 0.1) is 29.5 Å². The fraction of sp³-hybridized carbons (Fsp3) is 0.150. The number of nitrogens with zero attached hydrogens (tertiary/aromatic N) is 2. The molecule has 1 heterocycles. The predicted molar refractivity (Wildman–Crippen MR) is 95.4 cm³/mol. The second-order valence-corrected chi connectivity index (χ2v) is 5.70. The van der Waals surface area contributed by atoms with Crippen molar-refractivity contribution in [2.75, 3.05) is 11.5 Å². The molecule has 0 atom stereocenters. The lowest BCUT2D eigenvalue weighted by molar-refractivity contribution is -0.121. The number of amides is 2. The summed E-state index contributed by atoms with van der Waals surface area (Å²) in [5.41, 5.74) is 1.08. The van der Waals surface area contributed by atoms with Crippen molar-refractivity contribution in [2.45, 2.75) is 13.3 Å². The van der Waals surface area contributed by atoms with E-state index < -0.39 is 17.6 Å². The van der Waals surface area contributed by atoms with Gasteiger partial charge in [-0.3, -0.25) is 9.59 Å². The Balaban J connectivity index is 1.90. The molecule has 6 nitrogen and oxygen atoms in total. The third-order valence-corrected chi connectivity index (χ3v) is 3.93. The molecule has 0 saturated carbocycles. The number of nitriles is 1. The second kappa shape index (κ2) is 7.11. The molecule has 26 heavy (non-hydrogen) atoms. The van der Waals surface area contributed by atoms with E-state index in [-0.39, 0.29) is 5.57 Å². The molecule has 2 aromatic carbocycles. The van der Waals surface area contributed by atoms with E-state index in [1.165, 1.54) is 24.3 Å². The minimum Gasteiger partial charge on any atom is -0.502 e. The normalized spacial score (nSPS) is 13.9. The molecule has 1 aliphatic rings. The van der Waals surface area contributed by atoms with Gasteiger partial charge in [0, 0.05) is 0 Å². The maximum atomic E-state index is 12.7. The smallest absolute Gasteiger partial charge is 0.301 e. The molecular formula is C20H16N2O4. The quantitative estimate of drug-likeness (QED) is 0.838. The van der Waals surface area contributed by atoms with Crippen molar-refractivity contribution in [3.05, 3.63) is 65.4 Å². The predicted octanol–water partition coefficient (Wildman–Crippen LogP) is 3.19. The Morgan fingerprint density at radius 2 is 1.69 bits per heavy atom. The van der Waals surface area contributed by atoms with Crippen molar-refractivity contribution in [1.82, 2.24) is 0 Å². The number of carbonyl (C=O) groups is 2. The maximum absolute atomic E-state index is 12.7. The lowest BCUT2D eigenvalue weighted by Crippen LogP contribution is -2.31. The molecule has 1 aliphatic heterocycles. The van der Waals surface area contributed by atoms with E-state index in [4.69, 9.17) is 10.00 Å². The Morgan fingerprint density at radius 1 is 1.04 bits per heavy atom. The molecule has 2 aromatic rings. The highest BCUT2D eigenvalue weighted by Crippen LogP contribution is 2.32. The topological polar surface area (TPSA) is 90.6 Å². The van der Waals surface area contributed by atoms with Crippen LogP contribution in [0.1, 0.15) is 24.5 Å². The molecule has 0 bridgehead atoms. The fourth-order valence-electron chi connectivity index (χ4n) is 2.64. The summed E-state index contributed by atoms with van der Waals surface area (Å²) in [5, 5.41) is 19.1. The summed E-state index contributed by atoms with van der Waals surface area (Å²) in [5.74, 6) is -1.35. The summed E-state index contributed by atoms with van der Waals surface area (Å²) in [4.78, 5) is 26.0. The molecule has 3 rings (SSSR count). The Hall–Kier alpha value is -3.59. The summed E-state index contributed by atoms with van der Waals surface area (Å²) in [6.45, 7) is 2.58. The van der Waals surface area contributed by atoms with Crippen molar-refractivity contribution in [1.29, 1.82) is 5.26 Å². The molecule has 1 N–H and O–H groups in total. The SMILES string of the molecule is CCCOc1ccc(C2=C(O)C(=O)N(c3ccc(C#N)cc3)C2=O)cc1. The van der Waals surface area contributed by atoms with Gasteiger partial charge in [-0.05, 0) is 48.4 Å². The van der Waals surface area contributed by atoms with Gasteiger partial charge < -0.3 is 9.84 Å². The standard InChI is InChI=1S/C20H16N2O4/c1-2-11-26-16-9-5-14(6-10-16)17-18(23)20(25)22(19(17)24)15-7-3-13(12-21)4-8-15/h3-10,23H,2,11H2,1H3. The number of carbonyl (C=O) groups excluding carboxylic acids is 2. The zero-order valence-corrected chi connectivity index (χ0v) is 14.1.